The lowest BCUT2D eigenvalue weighted by Crippen LogP contribution is -2.47. The average Bonchev–Trinajstić information content (AvgIpc) is 2.68. The lowest BCUT2D eigenvalue weighted by atomic mass is 9.78. The minimum atomic E-state index is -0.436. The Kier molecular flexibility index (Phi) is 9.03. The minimum absolute atomic E-state index is 0. The third-order valence-corrected chi connectivity index (χ3v) is 5.69. The Balaban J connectivity index is 0.00000261. The molecule has 1 aliphatic carbocycles. The van der Waals surface area contributed by atoms with Crippen LogP contribution in [0.5, 0.6) is 0 Å². The molecule has 0 unspecified atom stereocenters. The Labute approximate surface area is 169 Å². The summed E-state index contributed by atoms with van der Waals surface area (Å²) in [5.41, 5.74) is 1.52. The second-order valence-electron chi connectivity index (χ2n) is 7.69. The van der Waals surface area contributed by atoms with E-state index in [1.54, 1.807) is 7.11 Å². The van der Waals surface area contributed by atoms with Crippen LogP contribution in [0.4, 0.5) is 5.69 Å². The molecule has 0 aromatic heterocycles. The number of hydrogen-bond donors (Lipinski definition) is 2. The van der Waals surface area contributed by atoms with Crippen LogP contribution < -0.4 is 10.6 Å². The first-order chi connectivity index (χ1) is 12.7. The number of ether oxygens (including phenoxy) is 2. The predicted octanol–water partition coefficient (Wildman–Crippen LogP) is 3.91. The van der Waals surface area contributed by atoms with E-state index in [9.17, 15) is 4.79 Å². The van der Waals surface area contributed by atoms with Gasteiger partial charge in [-0.05, 0) is 56.5 Å². The van der Waals surface area contributed by atoms with Crippen LogP contribution in [0, 0.1) is 5.41 Å². The van der Waals surface area contributed by atoms with Crippen molar-refractivity contribution in [3.8, 4) is 0 Å². The first-order valence-corrected chi connectivity index (χ1v) is 9.93. The second-order valence-corrected chi connectivity index (χ2v) is 7.69. The van der Waals surface area contributed by atoms with Gasteiger partial charge in [-0.2, -0.15) is 0 Å². The molecular formula is C21H33ClN2O3. The smallest absolute Gasteiger partial charge is 0.233 e. The molecule has 3 rings (SSSR count). The van der Waals surface area contributed by atoms with Gasteiger partial charge in [-0.3, -0.25) is 4.79 Å². The molecule has 2 fully saturated rings. The average molecular weight is 397 g/mol. The zero-order valence-corrected chi connectivity index (χ0v) is 17.1. The maximum atomic E-state index is 12.9. The number of carbonyl (C=O) groups is 1. The summed E-state index contributed by atoms with van der Waals surface area (Å²) in [5.74, 6) is 0.0613. The van der Waals surface area contributed by atoms with E-state index in [0.29, 0.717) is 19.3 Å². The van der Waals surface area contributed by atoms with Crippen molar-refractivity contribution < 1.29 is 14.3 Å². The number of piperidine rings is 1. The normalized spacial score (nSPS) is 19.9. The van der Waals surface area contributed by atoms with E-state index in [2.05, 4.69) is 16.7 Å². The van der Waals surface area contributed by atoms with E-state index in [4.69, 9.17) is 9.47 Å². The van der Waals surface area contributed by atoms with E-state index in [-0.39, 0.29) is 18.3 Å². The summed E-state index contributed by atoms with van der Waals surface area (Å²) in [6.45, 7) is 2.78. The fraction of sp³-hybridized carbons (Fsp3) is 0.667. The first-order valence-electron chi connectivity index (χ1n) is 9.93. The highest BCUT2D eigenvalue weighted by Gasteiger charge is 2.39. The van der Waals surface area contributed by atoms with E-state index in [1.165, 1.54) is 32.1 Å². The molecule has 1 aromatic rings. The number of carbonyl (C=O) groups excluding carboxylic acids is 1. The third kappa shape index (κ3) is 6.18. The quantitative estimate of drug-likeness (QED) is 0.733. The number of rotatable bonds is 7. The number of nitrogens with one attached hydrogen (secondary N) is 2. The van der Waals surface area contributed by atoms with E-state index < -0.39 is 5.41 Å². The summed E-state index contributed by atoms with van der Waals surface area (Å²) >= 11 is 0. The van der Waals surface area contributed by atoms with Gasteiger partial charge < -0.3 is 20.1 Å². The van der Waals surface area contributed by atoms with Crippen LogP contribution in [-0.4, -0.2) is 38.8 Å². The summed E-state index contributed by atoms with van der Waals surface area (Å²) in [7, 11) is 1.67. The molecule has 2 aliphatic rings. The van der Waals surface area contributed by atoms with Crippen LogP contribution in [0.25, 0.3) is 0 Å². The number of amides is 1. The van der Waals surface area contributed by atoms with Gasteiger partial charge in [0.05, 0.1) is 24.7 Å². The largest absolute Gasteiger partial charge is 0.384 e. The zero-order valence-electron chi connectivity index (χ0n) is 16.3. The topological polar surface area (TPSA) is 59.6 Å². The molecule has 1 heterocycles. The van der Waals surface area contributed by atoms with E-state index in [1.807, 2.05) is 18.2 Å². The van der Waals surface area contributed by atoms with Crippen LogP contribution in [0.2, 0.25) is 0 Å². The number of anilines is 1. The lowest BCUT2D eigenvalue weighted by molar-refractivity contribution is -0.130. The van der Waals surface area contributed by atoms with Crippen molar-refractivity contribution in [2.75, 3.05) is 32.1 Å². The molecular weight excluding hydrogens is 364 g/mol. The fourth-order valence-electron chi connectivity index (χ4n) is 4.07. The van der Waals surface area contributed by atoms with Gasteiger partial charge in [0.2, 0.25) is 5.91 Å². The molecule has 1 aliphatic heterocycles. The highest BCUT2D eigenvalue weighted by molar-refractivity contribution is 5.95. The molecule has 0 radical (unpaired) electrons. The molecule has 0 bridgehead atoms. The van der Waals surface area contributed by atoms with Crippen LogP contribution in [0.15, 0.2) is 24.3 Å². The van der Waals surface area contributed by atoms with Gasteiger partial charge in [0, 0.05) is 12.8 Å². The van der Waals surface area contributed by atoms with E-state index >= 15 is 0 Å². The van der Waals surface area contributed by atoms with Gasteiger partial charge in [0.1, 0.15) is 0 Å². The summed E-state index contributed by atoms with van der Waals surface area (Å²) in [4.78, 5) is 12.9. The van der Waals surface area contributed by atoms with Gasteiger partial charge in [-0.15, -0.1) is 12.4 Å². The van der Waals surface area contributed by atoms with Gasteiger partial charge in [-0.1, -0.05) is 31.4 Å². The predicted molar refractivity (Wildman–Crippen MR) is 110 cm³/mol. The number of hydrogen-bond acceptors (Lipinski definition) is 4. The Hall–Kier alpha value is -1.14. The number of methoxy groups -OCH3 is 1. The molecule has 27 heavy (non-hydrogen) atoms. The van der Waals surface area contributed by atoms with Crippen molar-refractivity contribution in [2.24, 2.45) is 5.41 Å². The number of halogens is 1. The summed E-state index contributed by atoms with van der Waals surface area (Å²) in [5, 5.41) is 6.43. The van der Waals surface area contributed by atoms with Gasteiger partial charge in [0.25, 0.3) is 0 Å². The molecule has 152 valence electrons. The van der Waals surface area contributed by atoms with Crippen molar-refractivity contribution in [2.45, 2.75) is 57.7 Å². The van der Waals surface area contributed by atoms with E-state index in [0.717, 1.165) is 37.2 Å². The molecule has 0 spiro atoms. The zero-order chi connectivity index (χ0) is 18.2. The molecule has 1 saturated heterocycles. The maximum absolute atomic E-state index is 12.9. The number of benzene rings is 1. The molecule has 5 nitrogen and oxygen atoms in total. The van der Waals surface area contributed by atoms with Gasteiger partial charge in [-0.25, -0.2) is 0 Å². The molecule has 1 amide bonds. The molecule has 2 N–H and O–H groups in total. The SMILES string of the molecule is COCC1(C(=O)Nc2cccc(COC3CCCCC3)c2)CCNCC1.Cl. The Morgan fingerprint density at radius 1 is 1.22 bits per heavy atom. The highest BCUT2D eigenvalue weighted by atomic mass is 35.5. The van der Waals surface area contributed by atoms with Crippen LogP contribution in [-0.2, 0) is 20.9 Å². The van der Waals surface area contributed by atoms with Gasteiger partial charge >= 0.3 is 0 Å². The molecule has 6 heteroatoms. The van der Waals surface area contributed by atoms with Crippen molar-refractivity contribution in [3.05, 3.63) is 29.8 Å². The van der Waals surface area contributed by atoms with Crippen molar-refractivity contribution in [3.63, 3.8) is 0 Å². The van der Waals surface area contributed by atoms with Crippen LogP contribution in [0.3, 0.4) is 0 Å². The molecule has 1 saturated carbocycles. The Morgan fingerprint density at radius 2 is 1.96 bits per heavy atom. The summed E-state index contributed by atoms with van der Waals surface area (Å²) < 4.78 is 11.4. The van der Waals surface area contributed by atoms with Crippen LogP contribution in [0.1, 0.15) is 50.5 Å². The molecule has 0 atom stereocenters. The van der Waals surface area contributed by atoms with Gasteiger partial charge in [0.15, 0.2) is 0 Å². The minimum Gasteiger partial charge on any atom is -0.384 e. The van der Waals surface area contributed by atoms with Crippen molar-refractivity contribution >= 4 is 24.0 Å². The highest BCUT2D eigenvalue weighted by Crippen LogP contribution is 2.31. The van der Waals surface area contributed by atoms with Crippen LogP contribution >= 0.6 is 12.4 Å². The standard InChI is InChI=1S/C21H32N2O3.ClH/c1-25-16-21(10-12-22-13-11-21)20(24)23-18-7-5-6-17(14-18)15-26-19-8-3-2-4-9-19;/h5-7,14,19,22H,2-4,8-13,15-16H2,1H3,(H,23,24);1H. The second kappa shape index (κ2) is 11.0. The van der Waals surface area contributed by atoms with Crippen molar-refractivity contribution in [1.82, 2.24) is 5.32 Å². The Bertz CT molecular complexity index is 579. The fourth-order valence-corrected chi connectivity index (χ4v) is 4.07. The Morgan fingerprint density at radius 3 is 2.67 bits per heavy atom. The summed E-state index contributed by atoms with van der Waals surface area (Å²) in [6.07, 6.45) is 8.22. The lowest BCUT2D eigenvalue weighted by Gasteiger charge is -2.35. The molecule has 1 aromatic carbocycles. The first kappa shape index (κ1) is 22.2. The third-order valence-electron chi connectivity index (χ3n) is 5.69. The van der Waals surface area contributed by atoms with Crippen molar-refractivity contribution in [1.29, 1.82) is 0 Å². The summed E-state index contributed by atoms with van der Waals surface area (Å²) in [6, 6.07) is 8.03. The maximum Gasteiger partial charge on any atom is 0.233 e. The monoisotopic (exact) mass is 396 g/mol.